The van der Waals surface area contributed by atoms with Gasteiger partial charge in [-0.05, 0) is 66.9 Å². The topological polar surface area (TPSA) is 48.5 Å². The lowest BCUT2D eigenvalue weighted by Gasteiger charge is -2.40. The van der Waals surface area contributed by atoms with E-state index in [1.165, 1.54) is 12.1 Å². The monoisotopic (exact) mass is 466 g/mol. The van der Waals surface area contributed by atoms with Gasteiger partial charge in [0.05, 0.1) is 0 Å². The Kier molecular flexibility index (Phi) is 7.26. The number of carbonyl (C=O) groups is 1. The van der Waals surface area contributed by atoms with Crippen LogP contribution in [0.5, 0.6) is 0 Å². The number of rotatable bonds is 6. The number of amides is 1. The minimum Gasteiger partial charge on any atom is -0.351 e. The van der Waals surface area contributed by atoms with Crippen LogP contribution in [0.1, 0.15) is 34.0 Å². The number of nitrogens with zero attached hydrogens (tertiary/aromatic N) is 3. The van der Waals surface area contributed by atoms with E-state index in [2.05, 4.69) is 27.0 Å². The van der Waals surface area contributed by atoms with Crippen molar-refractivity contribution in [2.45, 2.75) is 33.0 Å². The Morgan fingerprint density at radius 2 is 1.94 bits per heavy atom. The van der Waals surface area contributed by atoms with E-state index >= 15 is 0 Å². The van der Waals surface area contributed by atoms with Gasteiger partial charge in [0, 0.05) is 55.5 Å². The fourth-order valence-electron chi connectivity index (χ4n) is 4.22. The summed E-state index contributed by atoms with van der Waals surface area (Å²) < 4.78 is 13.2. The summed E-state index contributed by atoms with van der Waals surface area (Å²) >= 11 is 6.15. The Morgan fingerprint density at radius 3 is 2.70 bits per heavy atom. The van der Waals surface area contributed by atoms with Gasteiger partial charge in [-0.1, -0.05) is 29.8 Å². The third-order valence-corrected chi connectivity index (χ3v) is 6.51. The number of carbonyl (C=O) groups excluding carboxylic acids is 1. The Hall–Kier alpha value is -2.96. The first-order valence-electron chi connectivity index (χ1n) is 11.1. The Bertz CT molecular complexity index is 1120. The molecule has 1 unspecified atom stereocenters. The van der Waals surface area contributed by atoms with Gasteiger partial charge in [0.25, 0.3) is 5.91 Å². The van der Waals surface area contributed by atoms with Crippen LogP contribution in [-0.2, 0) is 13.1 Å². The van der Waals surface area contributed by atoms with Gasteiger partial charge in [0.2, 0.25) is 0 Å². The van der Waals surface area contributed by atoms with E-state index < -0.39 is 0 Å². The zero-order valence-corrected chi connectivity index (χ0v) is 19.6. The van der Waals surface area contributed by atoms with E-state index in [1.54, 1.807) is 24.4 Å². The van der Waals surface area contributed by atoms with Gasteiger partial charge in [-0.2, -0.15) is 0 Å². The first-order chi connectivity index (χ1) is 15.9. The second-order valence-electron chi connectivity index (χ2n) is 8.52. The van der Waals surface area contributed by atoms with Gasteiger partial charge in [0.15, 0.2) is 0 Å². The number of hydrogen-bond acceptors (Lipinski definition) is 4. The Morgan fingerprint density at radius 1 is 1.15 bits per heavy atom. The third-order valence-electron chi connectivity index (χ3n) is 6.10. The van der Waals surface area contributed by atoms with Gasteiger partial charge in [-0.25, -0.2) is 9.37 Å². The zero-order valence-electron chi connectivity index (χ0n) is 18.9. The predicted octanol–water partition coefficient (Wildman–Crippen LogP) is 4.82. The standard InChI is InChI=1S/C26H28ClFN4O/c1-18-16-31(17-20-6-8-22(28)9-7-20)12-13-32(18)25-14-21(10-11-29-25)15-30-26(33)23-4-3-5-24(27)19(23)2/h3-11,14,18H,12-13,15-17H2,1-2H3,(H,30,33). The first-order valence-corrected chi connectivity index (χ1v) is 11.5. The van der Waals surface area contributed by atoms with Gasteiger partial charge in [-0.15, -0.1) is 0 Å². The Labute approximate surface area is 199 Å². The largest absolute Gasteiger partial charge is 0.351 e. The SMILES string of the molecule is Cc1c(Cl)cccc1C(=O)NCc1ccnc(N2CCN(Cc3ccc(F)cc3)CC2C)c1. The van der Waals surface area contributed by atoms with Crippen LogP contribution in [0.3, 0.4) is 0 Å². The molecule has 1 aliphatic rings. The number of piperazine rings is 1. The van der Waals surface area contributed by atoms with Gasteiger partial charge in [0.1, 0.15) is 11.6 Å². The van der Waals surface area contributed by atoms with Crippen molar-refractivity contribution >= 4 is 23.3 Å². The molecule has 2 aromatic carbocycles. The normalized spacial score (nSPS) is 16.6. The molecule has 4 rings (SSSR count). The second kappa shape index (κ2) is 10.3. The lowest BCUT2D eigenvalue weighted by molar-refractivity contribution is 0.0950. The van der Waals surface area contributed by atoms with E-state index in [9.17, 15) is 9.18 Å². The molecule has 0 saturated carbocycles. The van der Waals surface area contributed by atoms with Crippen LogP contribution in [0.2, 0.25) is 5.02 Å². The molecule has 5 nitrogen and oxygen atoms in total. The van der Waals surface area contributed by atoms with Gasteiger partial charge < -0.3 is 10.2 Å². The minimum atomic E-state index is -0.207. The van der Waals surface area contributed by atoms with Crippen molar-refractivity contribution in [3.63, 3.8) is 0 Å². The fourth-order valence-corrected chi connectivity index (χ4v) is 4.40. The molecule has 0 radical (unpaired) electrons. The fraction of sp³-hybridized carbons (Fsp3) is 0.308. The predicted molar refractivity (Wildman–Crippen MR) is 130 cm³/mol. The van der Waals surface area contributed by atoms with Crippen LogP contribution in [-0.4, -0.2) is 41.5 Å². The molecule has 172 valence electrons. The maximum absolute atomic E-state index is 13.2. The number of anilines is 1. The molecule has 1 N–H and O–H groups in total. The van der Waals surface area contributed by atoms with Crippen molar-refractivity contribution in [3.05, 3.63) is 93.9 Å². The molecular weight excluding hydrogens is 439 g/mol. The highest BCUT2D eigenvalue weighted by Gasteiger charge is 2.25. The molecule has 1 atom stereocenters. The molecule has 7 heteroatoms. The molecule has 1 aromatic heterocycles. The highest BCUT2D eigenvalue weighted by Crippen LogP contribution is 2.22. The van der Waals surface area contributed by atoms with E-state index in [-0.39, 0.29) is 17.8 Å². The molecule has 0 spiro atoms. The summed E-state index contributed by atoms with van der Waals surface area (Å²) in [5.41, 5.74) is 3.47. The van der Waals surface area contributed by atoms with E-state index in [0.29, 0.717) is 17.1 Å². The van der Waals surface area contributed by atoms with Crippen molar-refractivity contribution < 1.29 is 9.18 Å². The molecule has 1 aliphatic heterocycles. The number of hydrogen-bond donors (Lipinski definition) is 1. The molecular formula is C26H28ClFN4O. The summed E-state index contributed by atoms with van der Waals surface area (Å²) in [6, 6.07) is 16.3. The summed E-state index contributed by atoms with van der Waals surface area (Å²) in [4.78, 5) is 21.9. The number of nitrogens with one attached hydrogen (secondary N) is 1. The molecule has 1 fully saturated rings. The number of pyridine rings is 1. The smallest absolute Gasteiger partial charge is 0.251 e. The van der Waals surface area contributed by atoms with Crippen molar-refractivity contribution in [2.24, 2.45) is 0 Å². The summed E-state index contributed by atoms with van der Waals surface area (Å²) in [6.07, 6.45) is 1.79. The molecule has 1 saturated heterocycles. The van der Waals surface area contributed by atoms with Gasteiger partial charge in [-0.3, -0.25) is 9.69 Å². The highest BCUT2D eigenvalue weighted by molar-refractivity contribution is 6.31. The van der Waals surface area contributed by atoms with Crippen molar-refractivity contribution in [1.29, 1.82) is 0 Å². The van der Waals surface area contributed by atoms with E-state index in [0.717, 1.165) is 48.7 Å². The number of benzene rings is 2. The lowest BCUT2D eigenvalue weighted by Crippen LogP contribution is -2.51. The highest BCUT2D eigenvalue weighted by atomic mass is 35.5. The van der Waals surface area contributed by atoms with Crippen LogP contribution in [0.4, 0.5) is 10.2 Å². The minimum absolute atomic E-state index is 0.142. The second-order valence-corrected chi connectivity index (χ2v) is 8.93. The maximum atomic E-state index is 13.2. The average Bonchev–Trinajstić information content (AvgIpc) is 2.81. The molecule has 0 aliphatic carbocycles. The maximum Gasteiger partial charge on any atom is 0.251 e. The number of aromatic nitrogens is 1. The zero-order chi connectivity index (χ0) is 23.4. The summed E-state index contributed by atoms with van der Waals surface area (Å²) in [7, 11) is 0. The van der Waals surface area contributed by atoms with E-state index in [4.69, 9.17) is 11.6 Å². The molecule has 1 amide bonds. The van der Waals surface area contributed by atoms with Crippen LogP contribution < -0.4 is 10.2 Å². The van der Waals surface area contributed by atoms with Crippen LogP contribution in [0, 0.1) is 12.7 Å². The summed E-state index contributed by atoms with van der Waals surface area (Å²) in [6.45, 7) is 7.91. The number of halogens is 2. The quantitative estimate of drug-likeness (QED) is 0.565. The van der Waals surface area contributed by atoms with Crippen LogP contribution >= 0.6 is 11.6 Å². The van der Waals surface area contributed by atoms with Crippen molar-refractivity contribution in [1.82, 2.24) is 15.2 Å². The first kappa shape index (κ1) is 23.2. The third kappa shape index (κ3) is 5.70. The molecule has 33 heavy (non-hydrogen) atoms. The van der Waals surface area contributed by atoms with Crippen LogP contribution in [0.15, 0.2) is 60.8 Å². The van der Waals surface area contributed by atoms with Crippen molar-refractivity contribution in [2.75, 3.05) is 24.5 Å². The molecule has 0 bridgehead atoms. The summed E-state index contributed by atoms with van der Waals surface area (Å²) in [5, 5.41) is 3.57. The average molecular weight is 467 g/mol. The lowest BCUT2D eigenvalue weighted by atomic mass is 10.1. The molecule has 2 heterocycles. The van der Waals surface area contributed by atoms with Crippen molar-refractivity contribution in [3.8, 4) is 0 Å². The van der Waals surface area contributed by atoms with E-state index in [1.807, 2.05) is 31.2 Å². The Balaban J connectivity index is 1.36. The van der Waals surface area contributed by atoms with Gasteiger partial charge >= 0.3 is 0 Å². The summed E-state index contributed by atoms with van der Waals surface area (Å²) in [5.74, 6) is 0.563. The van der Waals surface area contributed by atoms with Crippen LogP contribution in [0.25, 0.3) is 0 Å². The molecule has 3 aromatic rings.